The van der Waals surface area contributed by atoms with Crippen LogP contribution in [0.2, 0.25) is 0 Å². The highest BCUT2D eigenvalue weighted by molar-refractivity contribution is 5.94. The number of quaternary nitrogens is 1. The summed E-state index contributed by atoms with van der Waals surface area (Å²) in [6.07, 6.45) is 13.6. The Bertz CT molecular complexity index is 577. The first-order valence-electron chi connectivity index (χ1n) is 10.4. The van der Waals surface area contributed by atoms with E-state index >= 15 is 0 Å². The molecule has 3 heteroatoms. The molecule has 1 amide bonds. The summed E-state index contributed by atoms with van der Waals surface area (Å²) in [4.78, 5) is 14.5. The molecule has 25 heavy (non-hydrogen) atoms. The third-order valence-electron chi connectivity index (χ3n) is 6.91. The van der Waals surface area contributed by atoms with E-state index in [1.807, 2.05) is 29.2 Å². The molecule has 2 bridgehead atoms. The fourth-order valence-corrected chi connectivity index (χ4v) is 5.76. The van der Waals surface area contributed by atoms with Crippen molar-refractivity contribution in [2.24, 2.45) is 0 Å². The lowest BCUT2D eigenvalue weighted by Crippen LogP contribution is -3.24. The van der Waals surface area contributed by atoms with Gasteiger partial charge in [-0.3, -0.25) is 4.79 Å². The van der Waals surface area contributed by atoms with E-state index in [2.05, 4.69) is 12.2 Å². The zero-order valence-electron chi connectivity index (χ0n) is 15.6. The van der Waals surface area contributed by atoms with Crippen molar-refractivity contribution in [3.05, 3.63) is 35.4 Å². The van der Waals surface area contributed by atoms with E-state index in [4.69, 9.17) is 0 Å². The topological polar surface area (TPSA) is 33.5 Å². The molecule has 1 aromatic rings. The van der Waals surface area contributed by atoms with Gasteiger partial charge in [-0.1, -0.05) is 24.1 Å². The Kier molecular flexibility index (Phi) is 5.12. The van der Waals surface area contributed by atoms with Gasteiger partial charge < -0.3 is 10.2 Å². The molecule has 0 unspecified atom stereocenters. The standard InChI is InChI=1S/C22H32N2O/c1-16-10-12-17(13-11-16)22(25)23-18-14-20-8-5-9-21(15-18)24(20)19-6-3-2-4-7-19/h10-13,18-21H,2-9,14-15H2,1H3,(H,23,25)/p+1/t20-,21-/m1/s1. The van der Waals surface area contributed by atoms with Crippen LogP contribution in [0.1, 0.15) is 80.1 Å². The zero-order chi connectivity index (χ0) is 17.2. The Morgan fingerprint density at radius 1 is 0.880 bits per heavy atom. The van der Waals surface area contributed by atoms with Gasteiger partial charge in [-0.05, 0) is 64.0 Å². The maximum atomic E-state index is 12.6. The molecule has 1 saturated carbocycles. The number of amides is 1. The SMILES string of the molecule is Cc1ccc(C(=O)NC2C[C@H]3CCC[C@H](C2)[NH+]3C2CCCCC2)cc1. The van der Waals surface area contributed by atoms with Crippen LogP contribution >= 0.6 is 0 Å². The van der Waals surface area contributed by atoms with Crippen molar-refractivity contribution in [1.82, 2.24) is 5.32 Å². The van der Waals surface area contributed by atoms with Gasteiger partial charge in [-0.15, -0.1) is 0 Å². The lowest BCUT2D eigenvalue weighted by molar-refractivity contribution is -0.984. The number of fused-ring (bicyclic) bond motifs is 2. The Morgan fingerprint density at radius 2 is 1.48 bits per heavy atom. The van der Waals surface area contributed by atoms with Gasteiger partial charge in [0, 0.05) is 24.4 Å². The molecular formula is C22H33N2O+. The predicted octanol–water partition coefficient (Wildman–Crippen LogP) is 3.03. The van der Waals surface area contributed by atoms with Gasteiger partial charge in [-0.2, -0.15) is 0 Å². The highest BCUT2D eigenvalue weighted by Crippen LogP contribution is 2.26. The summed E-state index contributed by atoms with van der Waals surface area (Å²) in [6.45, 7) is 2.06. The second-order valence-electron chi connectivity index (χ2n) is 8.67. The molecule has 4 rings (SSSR count). The van der Waals surface area contributed by atoms with Crippen LogP contribution in [0.3, 0.4) is 0 Å². The molecule has 0 spiro atoms. The van der Waals surface area contributed by atoms with Crippen LogP contribution in [0, 0.1) is 6.92 Å². The first kappa shape index (κ1) is 17.1. The number of hydrogen-bond donors (Lipinski definition) is 2. The van der Waals surface area contributed by atoms with Crippen LogP contribution in [-0.4, -0.2) is 30.1 Å². The Balaban J connectivity index is 1.40. The molecule has 2 atom stereocenters. The van der Waals surface area contributed by atoms with Crippen molar-refractivity contribution in [3.63, 3.8) is 0 Å². The van der Waals surface area contributed by atoms with Gasteiger partial charge in [0.05, 0.1) is 18.1 Å². The molecule has 0 aromatic heterocycles. The van der Waals surface area contributed by atoms with E-state index in [0.29, 0.717) is 6.04 Å². The van der Waals surface area contributed by atoms with Crippen LogP contribution < -0.4 is 10.2 Å². The van der Waals surface area contributed by atoms with Crippen molar-refractivity contribution in [1.29, 1.82) is 0 Å². The number of carbonyl (C=O) groups excluding carboxylic acids is 1. The molecule has 2 N–H and O–H groups in total. The maximum absolute atomic E-state index is 12.6. The van der Waals surface area contributed by atoms with E-state index < -0.39 is 0 Å². The third kappa shape index (κ3) is 3.76. The minimum Gasteiger partial charge on any atom is -0.349 e. The van der Waals surface area contributed by atoms with Gasteiger partial charge in [0.1, 0.15) is 0 Å². The number of carbonyl (C=O) groups is 1. The first-order valence-corrected chi connectivity index (χ1v) is 10.4. The predicted molar refractivity (Wildman–Crippen MR) is 101 cm³/mol. The zero-order valence-corrected chi connectivity index (χ0v) is 15.6. The quantitative estimate of drug-likeness (QED) is 0.870. The van der Waals surface area contributed by atoms with E-state index in [1.54, 1.807) is 0 Å². The van der Waals surface area contributed by atoms with Crippen LogP contribution in [0.25, 0.3) is 0 Å². The van der Waals surface area contributed by atoms with Gasteiger partial charge in [0.25, 0.3) is 5.91 Å². The summed E-state index contributed by atoms with van der Waals surface area (Å²) in [5.41, 5.74) is 2.01. The van der Waals surface area contributed by atoms with E-state index in [9.17, 15) is 4.79 Å². The number of benzene rings is 1. The van der Waals surface area contributed by atoms with Gasteiger partial charge in [0.15, 0.2) is 0 Å². The molecule has 1 aliphatic carbocycles. The molecule has 1 aromatic carbocycles. The highest BCUT2D eigenvalue weighted by Gasteiger charge is 2.45. The summed E-state index contributed by atoms with van der Waals surface area (Å²) in [5, 5.41) is 3.35. The normalized spacial score (nSPS) is 33.0. The molecule has 2 aliphatic heterocycles. The maximum Gasteiger partial charge on any atom is 0.251 e. The molecule has 3 aliphatic rings. The van der Waals surface area contributed by atoms with Crippen LogP contribution in [0.5, 0.6) is 0 Å². The molecule has 0 radical (unpaired) electrons. The molecule has 2 saturated heterocycles. The fourth-order valence-electron chi connectivity index (χ4n) is 5.76. The number of piperidine rings is 2. The second-order valence-corrected chi connectivity index (χ2v) is 8.67. The monoisotopic (exact) mass is 341 g/mol. The molecule has 136 valence electrons. The number of hydrogen-bond acceptors (Lipinski definition) is 1. The average Bonchev–Trinajstić information content (AvgIpc) is 2.62. The number of nitrogens with one attached hydrogen (secondary N) is 2. The van der Waals surface area contributed by atoms with Gasteiger partial charge in [-0.25, -0.2) is 0 Å². The Hall–Kier alpha value is -1.35. The summed E-state index contributed by atoms with van der Waals surface area (Å²) >= 11 is 0. The molecule has 3 nitrogen and oxygen atoms in total. The molecule has 3 fully saturated rings. The van der Waals surface area contributed by atoms with Crippen molar-refractivity contribution in [2.75, 3.05) is 0 Å². The van der Waals surface area contributed by atoms with Crippen molar-refractivity contribution < 1.29 is 9.69 Å². The van der Waals surface area contributed by atoms with Crippen LogP contribution in [0.4, 0.5) is 0 Å². The average molecular weight is 342 g/mol. The highest BCUT2D eigenvalue weighted by atomic mass is 16.1. The minimum atomic E-state index is 0.115. The summed E-state index contributed by atoms with van der Waals surface area (Å²) in [6, 6.07) is 10.8. The van der Waals surface area contributed by atoms with E-state index in [1.165, 1.54) is 69.8 Å². The number of rotatable bonds is 3. The smallest absolute Gasteiger partial charge is 0.251 e. The van der Waals surface area contributed by atoms with Crippen molar-refractivity contribution >= 4 is 5.91 Å². The van der Waals surface area contributed by atoms with E-state index in [-0.39, 0.29) is 5.91 Å². The summed E-state index contributed by atoms with van der Waals surface area (Å²) in [7, 11) is 0. The minimum absolute atomic E-state index is 0.115. The van der Waals surface area contributed by atoms with Gasteiger partial charge >= 0.3 is 0 Å². The van der Waals surface area contributed by atoms with Crippen LogP contribution in [-0.2, 0) is 0 Å². The molecule has 2 heterocycles. The van der Waals surface area contributed by atoms with Crippen molar-refractivity contribution in [2.45, 2.75) is 95.3 Å². The van der Waals surface area contributed by atoms with Crippen molar-refractivity contribution in [3.8, 4) is 0 Å². The largest absolute Gasteiger partial charge is 0.349 e. The van der Waals surface area contributed by atoms with E-state index in [0.717, 1.165) is 23.7 Å². The molecular weight excluding hydrogens is 308 g/mol. The first-order chi connectivity index (χ1) is 12.2. The summed E-state index contributed by atoms with van der Waals surface area (Å²) in [5.74, 6) is 0.115. The van der Waals surface area contributed by atoms with Gasteiger partial charge in [0.2, 0.25) is 0 Å². The Morgan fingerprint density at radius 3 is 2.12 bits per heavy atom. The van der Waals surface area contributed by atoms with Crippen LogP contribution in [0.15, 0.2) is 24.3 Å². The second kappa shape index (κ2) is 7.49. The number of aryl methyl sites for hydroxylation is 1. The summed E-state index contributed by atoms with van der Waals surface area (Å²) < 4.78 is 0. The lowest BCUT2D eigenvalue weighted by atomic mass is 9.78. The lowest BCUT2D eigenvalue weighted by Gasteiger charge is -2.50. The Labute approximate surface area is 152 Å². The third-order valence-corrected chi connectivity index (χ3v) is 6.91. The fraction of sp³-hybridized carbons (Fsp3) is 0.682.